The predicted octanol–water partition coefficient (Wildman–Crippen LogP) is 3.75. The lowest BCUT2D eigenvalue weighted by Gasteiger charge is -2.22. The molecule has 0 amide bonds. The van der Waals surface area contributed by atoms with Crippen molar-refractivity contribution in [2.75, 3.05) is 25.1 Å². The van der Waals surface area contributed by atoms with E-state index in [0.717, 1.165) is 6.07 Å². The van der Waals surface area contributed by atoms with E-state index >= 15 is 0 Å². The number of rotatable bonds is 3. The molecule has 1 fully saturated rings. The van der Waals surface area contributed by atoms with Gasteiger partial charge in [0.2, 0.25) is 5.82 Å². The summed E-state index contributed by atoms with van der Waals surface area (Å²) in [6.07, 6.45) is -4.71. The van der Waals surface area contributed by atoms with Crippen LogP contribution in [0.2, 0.25) is 0 Å². The third-order valence-electron chi connectivity index (χ3n) is 3.38. The van der Waals surface area contributed by atoms with E-state index in [1.54, 1.807) is 4.90 Å². The molecular weight excluding hydrogens is 281 g/mol. The first-order valence-electron chi connectivity index (χ1n) is 6.15. The number of alkyl halides is 3. The van der Waals surface area contributed by atoms with E-state index in [-0.39, 0.29) is 18.0 Å². The third kappa shape index (κ3) is 3.13. The molecule has 2 rings (SSSR count). The SMILES string of the molecule is COc1c(N2CCC(CC(F)(F)F)C2)ccc(F)c1F. The van der Waals surface area contributed by atoms with Gasteiger partial charge in [-0.3, -0.25) is 0 Å². The number of benzene rings is 1. The van der Waals surface area contributed by atoms with Gasteiger partial charge in [-0.05, 0) is 24.5 Å². The van der Waals surface area contributed by atoms with Crippen molar-refractivity contribution in [1.29, 1.82) is 0 Å². The fraction of sp³-hybridized carbons (Fsp3) is 0.538. The Morgan fingerprint density at radius 2 is 2.00 bits per heavy atom. The lowest BCUT2D eigenvalue weighted by atomic mass is 10.1. The first kappa shape index (κ1) is 14.9. The van der Waals surface area contributed by atoms with Crippen LogP contribution in [-0.2, 0) is 0 Å². The van der Waals surface area contributed by atoms with Crippen LogP contribution < -0.4 is 9.64 Å². The van der Waals surface area contributed by atoms with Gasteiger partial charge in [0.25, 0.3) is 0 Å². The molecule has 0 radical (unpaired) electrons. The van der Waals surface area contributed by atoms with Crippen LogP contribution in [0.3, 0.4) is 0 Å². The first-order chi connectivity index (χ1) is 9.31. The van der Waals surface area contributed by atoms with E-state index in [1.807, 2.05) is 0 Å². The van der Waals surface area contributed by atoms with Gasteiger partial charge in [-0.25, -0.2) is 4.39 Å². The first-order valence-corrected chi connectivity index (χ1v) is 6.15. The molecule has 1 unspecified atom stereocenters. The van der Waals surface area contributed by atoms with Gasteiger partial charge in [0.15, 0.2) is 11.6 Å². The minimum Gasteiger partial charge on any atom is -0.491 e. The maximum atomic E-state index is 13.6. The van der Waals surface area contributed by atoms with E-state index in [1.165, 1.54) is 13.2 Å². The molecule has 2 nitrogen and oxygen atoms in total. The maximum absolute atomic E-state index is 13.6. The second-order valence-corrected chi connectivity index (χ2v) is 4.83. The number of nitrogens with zero attached hydrogens (tertiary/aromatic N) is 1. The van der Waals surface area contributed by atoms with Crippen LogP contribution >= 0.6 is 0 Å². The highest BCUT2D eigenvalue weighted by atomic mass is 19.4. The van der Waals surface area contributed by atoms with E-state index in [9.17, 15) is 22.0 Å². The minimum absolute atomic E-state index is 0.154. The molecule has 0 N–H and O–H groups in total. The van der Waals surface area contributed by atoms with Crippen molar-refractivity contribution < 1.29 is 26.7 Å². The van der Waals surface area contributed by atoms with Crippen molar-refractivity contribution in [3.63, 3.8) is 0 Å². The van der Waals surface area contributed by atoms with Gasteiger partial charge in [-0.2, -0.15) is 17.6 Å². The average molecular weight is 295 g/mol. The van der Waals surface area contributed by atoms with Crippen molar-refractivity contribution >= 4 is 5.69 Å². The van der Waals surface area contributed by atoms with E-state index in [2.05, 4.69) is 0 Å². The molecule has 1 saturated heterocycles. The van der Waals surface area contributed by atoms with Gasteiger partial charge in [0.05, 0.1) is 12.8 Å². The molecule has 1 aromatic rings. The smallest absolute Gasteiger partial charge is 0.389 e. The molecule has 1 aromatic carbocycles. The Morgan fingerprint density at radius 3 is 2.60 bits per heavy atom. The molecule has 0 aliphatic carbocycles. The summed E-state index contributed by atoms with van der Waals surface area (Å²) in [7, 11) is 1.20. The van der Waals surface area contributed by atoms with Crippen LogP contribution in [0.1, 0.15) is 12.8 Å². The van der Waals surface area contributed by atoms with Crippen LogP contribution in [0.5, 0.6) is 5.75 Å². The zero-order valence-electron chi connectivity index (χ0n) is 10.8. The van der Waals surface area contributed by atoms with Crippen LogP contribution in [0.25, 0.3) is 0 Å². The number of ether oxygens (including phenoxy) is 1. The Morgan fingerprint density at radius 1 is 1.30 bits per heavy atom. The van der Waals surface area contributed by atoms with Crippen molar-refractivity contribution in [3.8, 4) is 5.75 Å². The van der Waals surface area contributed by atoms with Crippen molar-refractivity contribution in [1.82, 2.24) is 0 Å². The summed E-state index contributed by atoms with van der Waals surface area (Å²) in [4.78, 5) is 1.60. The Bertz CT molecular complexity index is 488. The third-order valence-corrected chi connectivity index (χ3v) is 3.38. The lowest BCUT2D eigenvalue weighted by molar-refractivity contribution is -0.142. The molecular formula is C13H14F5NO. The van der Waals surface area contributed by atoms with Crippen molar-refractivity contribution in [2.45, 2.75) is 19.0 Å². The summed E-state index contributed by atoms with van der Waals surface area (Å²) in [5.41, 5.74) is 0.288. The summed E-state index contributed by atoms with van der Waals surface area (Å²) < 4.78 is 68.6. The Hall–Kier alpha value is -1.53. The predicted molar refractivity (Wildman–Crippen MR) is 63.9 cm³/mol. The molecule has 0 bridgehead atoms. The van der Waals surface area contributed by atoms with E-state index in [0.29, 0.717) is 13.0 Å². The Kier molecular flexibility index (Phi) is 4.06. The summed E-state index contributed by atoms with van der Waals surface area (Å²) in [5, 5.41) is 0. The number of hydrogen-bond donors (Lipinski definition) is 0. The van der Waals surface area contributed by atoms with Gasteiger partial charge in [0, 0.05) is 19.5 Å². The largest absolute Gasteiger partial charge is 0.491 e. The molecule has 1 aliphatic heterocycles. The quantitative estimate of drug-likeness (QED) is 0.787. The van der Waals surface area contributed by atoms with Crippen LogP contribution in [-0.4, -0.2) is 26.4 Å². The van der Waals surface area contributed by atoms with Crippen molar-refractivity contribution in [3.05, 3.63) is 23.8 Å². The molecule has 1 heterocycles. The molecule has 112 valence electrons. The Labute approximate surface area is 113 Å². The summed E-state index contributed by atoms with van der Waals surface area (Å²) >= 11 is 0. The molecule has 0 saturated carbocycles. The van der Waals surface area contributed by atoms with E-state index < -0.39 is 30.1 Å². The number of methoxy groups -OCH3 is 1. The molecule has 20 heavy (non-hydrogen) atoms. The highest BCUT2D eigenvalue weighted by molar-refractivity contribution is 5.60. The standard InChI is InChI=1S/C13H14F5NO/c1-20-12-10(3-2-9(14)11(12)15)19-5-4-8(7-19)6-13(16,17)18/h2-3,8H,4-7H2,1H3. The van der Waals surface area contributed by atoms with Gasteiger partial charge < -0.3 is 9.64 Å². The van der Waals surface area contributed by atoms with E-state index in [4.69, 9.17) is 4.74 Å². The van der Waals surface area contributed by atoms with Gasteiger partial charge in [-0.1, -0.05) is 0 Å². The highest BCUT2D eigenvalue weighted by Crippen LogP contribution is 2.38. The van der Waals surface area contributed by atoms with Crippen LogP contribution in [0, 0.1) is 17.6 Å². The molecule has 1 aliphatic rings. The van der Waals surface area contributed by atoms with Gasteiger partial charge in [-0.15, -0.1) is 0 Å². The zero-order chi connectivity index (χ0) is 14.9. The molecule has 7 heteroatoms. The monoisotopic (exact) mass is 295 g/mol. The fourth-order valence-electron chi connectivity index (χ4n) is 2.51. The number of halogens is 5. The number of hydrogen-bond acceptors (Lipinski definition) is 2. The van der Waals surface area contributed by atoms with Gasteiger partial charge >= 0.3 is 6.18 Å². The maximum Gasteiger partial charge on any atom is 0.389 e. The topological polar surface area (TPSA) is 12.5 Å². The second-order valence-electron chi connectivity index (χ2n) is 4.83. The normalized spacial score (nSPS) is 19.5. The summed E-state index contributed by atoms with van der Waals surface area (Å²) in [5.74, 6) is -2.97. The number of anilines is 1. The zero-order valence-corrected chi connectivity index (χ0v) is 10.8. The summed E-state index contributed by atoms with van der Waals surface area (Å²) in [6.45, 7) is 0.517. The lowest BCUT2D eigenvalue weighted by Crippen LogP contribution is -2.23. The highest BCUT2D eigenvalue weighted by Gasteiger charge is 2.36. The average Bonchev–Trinajstić information content (AvgIpc) is 2.78. The molecule has 0 aromatic heterocycles. The van der Waals surface area contributed by atoms with Crippen LogP contribution in [0.4, 0.5) is 27.6 Å². The van der Waals surface area contributed by atoms with Crippen LogP contribution in [0.15, 0.2) is 12.1 Å². The molecule has 1 atom stereocenters. The Balaban J connectivity index is 2.16. The second kappa shape index (κ2) is 5.46. The summed E-state index contributed by atoms with van der Waals surface area (Å²) in [6, 6.07) is 2.28. The van der Waals surface area contributed by atoms with Crippen molar-refractivity contribution in [2.24, 2.45) is 5.92 Å². The molecule has 0 spiro atoms. The fourth-order valence-corrected chi connectivity index (χ4v) is 2.51. The minimum atomic E-state index is -4.21. The van der Waals surface area contributed by atoms with Gasteiger partial charge in [0.1, 0.15) is 0 Å².